The van der Waals surface area contributed by atoms with Crippen LogP contribution in [0.25, 0.3) is 0 Å². The minimum Gasteiger partial charge on any atom is -0.343 e. The number of hydrogen-bond acceptors (Lipinski definition) is 18. The Kier molecular flexibility index (Phi) is 32.9. The molecule has 10 aromatic carbocycles. The lowest BCUT2D eigenvalue weighted by atomic mass is 10.0. The van der Waals surface area contributed by atoms with Gasteiger partial charge in [0.05, 0.1) is 94.4 Å². The van der Waals surface area contributed by atoms with Crippen LogP contribution in [0.2, 0.25) is 10.0 Å². The summed E-state index contributed by atoms with van der Waals surface area (Å²) < 4.78 is 56.5. The molecule has 0 aliphatic carbocycles. The van der Waals surface area contributed by atoms with Crippen molar-refractivity contribution in [2.75, 3.05) is 59.7 Å². The van der Waals surface area contributed by atoms with E-state index in [9.17, 15) is 41.5 Å². The van der Waals surface area contributed by atoms with Crippen molar-refractivity contribution in [3.8, 4) is 24.7 Å². The van der Waals surface area contributed by atoms with Gasteiger partial charge < -0.3 is 24.5 Å². The maximum atomic E-state index is 14.3. The van der Waals surface area contributed by atoms with Crippen LogP contribution in [0.3, 0.4) is 0 Å². The molecule has 15 aromatic rings. The fourth-order valence-electron chi connectivity index (χ4n) is 13.4. The fraction of sp³-hybridized carbons (Fsp3) is 0.125. The van der Waals surface area contributed by atoms with Gasteiger partial charge in [-0.15, -0.1) is 12.8 Å². The highest BCUT2D eigenvalue weighted by molar-refractivity contribution is 6.33. The zero-order valence-corrected chi connectivity index (χ0v) is 72.8. The van der Waals surface area contributed by atoms with E-state index in [0.29, 0.717) is 83.6 Å². The van der Waals surface area contributed by atoms with E-state index in [4.69, 9.17) is 36.0 Å². The Hall–Kier alpha value is -15.5. The second-order valence-corrected chi connectivity index (χ2v) is 30.6. The van der Waals surface area contributed by atoms with Crippen molar-refractivity contribution < 1.29 is 41.5 Å². The summed E-state index contributed by atoms with van der Waals surface area (Å²) in [6.45, 7) is 5.82. The number of aromatic nitrogens is 8. The first-order valence-electron chi connectivity index (χ1n) is 40.0. The molecule has 5 heterocycles. The van der Waals surface area contributed by atoms with Gasteiger partial charge in [0.2, 0.25) is 0 Å². The van der Waals surface area contributed by atoms with Crippen molar-refractivity contribution in [2.24, 2.45) is 0 Å². The van der Waals surface area contributed by atoms with Crippen molar-refractivity contribution in [2.45, 2.75) is 52.9 Å². The van der Waals surface area contributed by atoms with Crippen molar-refractivity contribution in [1.82, 2.24) is 39.9 Å². The average molecular weight is 1750 g/mol. The fourth-order valence-corrected chi connectivity index (χ4v) is 13.9. The van der Waals surface area contributed by atoms with Gasteiger partial charge in [0.15, 0.2) is 40.6 Å². The maximum absolute atomic E-state index is 14.3. The lowest BCUT2D eigenvalue weighted by Gasteiger charge is -2.20. The number of nitrogens with zero attached hydrogens (tertiary/aromatic N) is 13. The van der Waals surface area contributed by atoms with E-state index in [1.54, 1.807) is 142 Å². The summed E-state index contributed by atoms with van der Waals surface area (Å²) in [5.74, 6) is 2.11. The van der Waals surface area contributed by atoms with Crippen LogP contribution in [0, 0.1) is 68.7 Å². The van der Waals surface area contributed by atoms with Crippen LogP contribution in [0.15, 0.2) is 311 Å². The highest BCUT2D eigenvalue weighted by atomic mass is 35.5. The van der Waals surface area contributed by atoms with E-state index in [-0.39, 0.29) is 66.1 Å². The molecular formula is C104H87Cl2F4N13O5. The highest BCUT2D eigenvalue weighted by Gasteiger charge is 2.22. The van der Waals surface area contributed by atoms with Gasteiger partial charge >= 0.3 is 0 Å². The van der Waals surface area contributed by atoms with Crippen molar-refractivity contribution in [3.63, 3.8) is 0 Å². The van der Waals surface area contributed by atoms with Gasteiger partial charge in [-0.05, 0) is 194 Å². The smallest absolute Gasteiger partial charge is 0.182 e. The molecule has 0 amide bonds. The molecule has 0 spiro atoms. The van der Waals surface area contributed by atoms with Gasteiger partial charge in [0.1, 0.15) is 30.6 Å². The number of hydrogen-bond donors (Lipinski definition) is 0. The quantitative estimate of drug-likeness (QED) is 0.0296. The number of ketones is 5. The Bertz CT molecular complexity index is 6350. The van der Waals surface area contributed by atoms with Crippen molar-refractivity contribution in [1.29, 1.82) is 0 Å². The molecule has 18 nitrogen and oxygen atoms in total. The maximum Gasteiger partial charge on any atom is 0.182 e. The standard InChI is InChI=1S/C22H17FN2O.C21H16ClN3O.C21H19FN2O.C20H18ClN3O.C20H17F2N3O/c1-3-16-6-4-7-18(10-16)22(26)13-17-11-19(23)14-21(12-17)25(2)20-8-5-9-24-15-20;1-3-15-5-4-6-17(7-15)21(26)10-16-8-18(22)11-19(9-16)25(2)20-12-23-14-24-13-20;1-15-5-3-6-17(9-15)21(25)12-16-10-18(22)13-20(11-16)24(2)19-7-4-8-23-14-19;1-14-4-3-5-16(8-14)20(25)10-15-6-7-18(21)19(9-15)24(2)17-11-22-13-23-12-17;1-13-4-3-5-15(6-13)19(26)9-14-7-17(21)20(22)18(8-14)25(2)16-10-23-12-24-11-16/h1,4-12,14-15H,13H2,2H3;1,4-9,11-14H,10H2,2H3;3-11,13-14H,12H2,1-2H3;3-9,11-13H,10H2,1-2H3;3-8,10-12H,9H2,1-2H3. The van der Waals surface area contributed by atoms with E-state index < -0.39 is 17.5 Å². The molecule has 0 unspecified atom stereocenters. The van der Waals surface area contributed by atoms with E-state index in [1.807, 2.05) is 178 Å². The second kappa shape index (κ2) is 45.2. The summed E-state index contributed by atoms with van der Waals surface area (Å²) in [5, 5.41) is 1.17. The number of anilines is 10. The lowest BCUT2D eigenvalue weighted by Crippen LogP contribution is -2.14. The molecule has 5 aromatic heterocycles. The Morgan fingerprint density at radius 2 is 0.641 bits per heavy atom. The monoisotopic (exact) mass is 1740 g/mol. The molecule has 0 aliphatic rings. The van der Waals surface area contributed by atoms with E-state index >= 15 is 0 Å². The zero-order valence-electron chi connectivity index (χ0n) is 71.3. The number of aryl methyl sites for hydroxylation is 3. The van der Waals surface area contributed by atoms with Crippen LogP contribution in [0.5, 0.6) is 0 Å². The Labute approximate surface area is 751 Å². The molecule has 0 fully saturated rings. The molecular weight excluding hydrogens is 1660 g/mol. The minimum atomic E-state index is -1.00. The first-order valence-corrected chi connectivity index (χ1v) is 40.8. The van der Waals surface area contributed by atoms with E-state index in [1.165, 1.54) is 66.6 Å². The summed E-state index contributed by atoms with van der Waals surface area (Å²) in [7, 11) is 9.05. The number of carbonyl (C=O) groups is 5. The second-order valence-electron chi connectivity index (χ2n) is 29.7. The summed E-state index contributed by atoms with van der Waals surface area (Å²) >= 11 is 12.6. The topological polar surface area (TPSA) is 205 Å². The van der Waals surface area contributed by atoms with Crippen LogP contribution in [0.4, 0.5) is 74.4 Å². The molecule has 640 valence electrons. The summed E-state index contributed by atoms with van der Waals surface area (Å²) in [6, 6.07) is 66.7. The molecule has 0 N–H and O–H groups in total. The number of benzene rings is 10. The predicted molar refractivity (Wildman–Crippen MR) is 499 cm³/mol. The molecule has 24 heteroatoms. The molecule has 15 rings (SSSR count). The number of carbonyl (C=O) groups excluding carboxylic acids is 5. The zero-order chi connectivity index (χ0) is 91.3. The van der Waals surface area contributed by atoms with Crippen molar-refractivity contribution >= 4 is 109 Å². The number of halogens is 6. The van der Waals surface area contributed by atoms with Crippen molar-refractivity contribution in [3.05, 3.63) is 428 Å². The molecule has 0 aliphatic heterocycles. The Morgan fingerprint density at radius 1 is 0.312 bits per heavy atom. The lowest BCUT2D eigenvalue weighted by molar-refractivity contribution is 0.0984. The number of rotatable bonds is 25. The van der Waals surface area contributed by atoms with Crippen LogP contribution in [-0.4, -0.2) is 104 Å². The van der Waals surface area contributed by atoms with Gasteiger partial charge in [-0.2, -0.15) is 0 Å². The molecule has 0 saturated carbocycles. The van der Waals surface area contributed by atoms with Gasteiger partial charge in [0, 0.05) is 141 Å². The van der Waals surface area contributed by atoms with Crippen LogP contribution < -0.4 is 24.5 Å². The van der Waals surface area contributed by atoms with Gasteiger partial charge in [0.25, 0.3) is 0 Å². The van der Waals surface area contributed by atoms with Gasteiger partial charge in [-0.25, -0.2) is 47.5 Å². The molecule has 0 radical (unpaired) electrons. The number of Topliss-reactive ketones (excluding diaryl/α,β-unsaturated/α-hetero) is 5. The third-order valence-corrected chi connectivity index (χ3v) is 20.7. The first-order chi connectivity index (χ1) is 61.6. The third kappa shape index (κ3) is 26.5. The summed E-state index contributed by atoms with van der Waals surface area (Å²) in [6.07, 6.45) is 32.5. The Balaban J connectivity index is 0.000000155. The van der Waals surface area contributed by atoms with Crippen LogP contribution >= 0.6 is 23.2 Å². The summed E-state index contributed by atoms with van der Waals surface area (Å²) in [4.78, 5) is 104. The summed E-state index contributed by atoms with van der Waals surface area (Å²) in [5.41, 5.74) is 17.7. The first kappa shape index (κ1) is 93.2. The largest absolute Gasteiger partial charge is 0.343 e. The SMILES string of the molecule is C#Cc1cccc(C(=O)Cc2cc(Cl)cc(N(C)c3cncnc3)c2)c1.C#Cc1cccc(C(=O)Cc2cc(F)cc(N(C)c3cccnc3)c2)c1.Cc1cccc(C(=O)Cc2cc(F)c(F)c(N(C)c3cncnc3)c2)c1.Cc1cccc(C(=O)Cc2cc(F)cc(N(C)c3cccnc3)c2)c1.Cc1cccc(C(=O)Cc2ccc(Cl)c(N(C)c3cncnc3)c2)c1. The number of terminal acetylenes is 2. The van der Waals surface area contributed by atoms with Crippen LogP contribution in [-0.2, 0) is 32.1 Å². The highest BCUT2D eigenvalue weighted by Crippen LogP contribution is 2.35. The molecule has 128 heavy (non-hydrogen) atoms. The molecule has 0 atom stereocenters. The Morgan fingerprint density at radius 3 is 1.02 bits per heavy atom. The van der Waals surface area contributed by atoms with E-state index in [0.717, 1.165) is 73.6 Å². The number of pyridine rings is 2. The predicted octanol–water partition coefficient (Wildman–Crippen LogP) is 22.3. The van der Waals surface area contributed by atoms with Gasteiger partial charge in [-0.3, -0.25) is 33.9 Å². The molecule has 0 bridgehead atoms. The normalized spacial score (nSPS) is 10.4. The van der Waals surface area contributed by atoms with Crippen LogP contribution in [0.1, 0.15) is 107 Å². The van der Waals surface area contributed by atoms with Gasteiger partial charge in [-0.1, -0.05) is 137 Å². The van der Waals surface area contributed by atoms with E-state index in [2.05, 4.69) is 51.7 Å². The minimum absolute atomic E-state index is 0.0129. The average Bonchev–Trinajstić information content (AvgIpc) is 0.816. The molecule has 0 saturated heterocycles. The third-order valence-electron chi connectivity index (χ3n) is 20.2.